The standard InChI is InChI=1S/C8H15NO/c1-2-5-10-7-8-3-4-9-6-8/h2,8-9H,1,3-7H2/t8-/m1/s1. The van der Waals surface area contributed by atoms with Crippen molar-refractivity contribution in [1.29, 1.82) is 0 Å². The molecule has 0 spiro atoms. The van der Waals surface area contributed by atoms with Gasteiger partial charge in [-0.25, -0.2) is 0 Å². The molecule has 58 valence electrons. The largest absolute Gasteiger partial charge is 0.377 e. The molecule has 0 aromatic rings. The average molecular weight is 141 g/mol. The van der Waals surface area contributed by atoms with Crippen LogP contribution in [0.4, 0.5) is 0 Å². The lowest BCUT2D eigenvalue weighted by molar-refractivity contribution is 0.129. The molecule has 0 aromatic carbocycles. The molecular formula is C8H15NO. The Labute approximate surface area is 62.3 Å². The molecule has 0 saturated carbocycles. The van der Waals surface area contributed by atoms with Crippen LogP contribution in [-0.2, 0) is 4.74 Å². The highest BCUT2D eigenvalue weighted by molar-refractivity contribution is 4.71. The summed E-state index contributed by atoms with van der Waals surface area (Å²) in [7, 11) is 0. The van der Waals surface area contributed by atoms with Gasteiger partial charge in [-0.05, 0) is 18.9 Å². The number of rotatable bonds is 4. The molecule has 0 aromatic heterocycles. The molecule has 1 fully saturated rings. The van der Waals surface area contributed by atoms with Crippen molar-refractivity contribution < 1.29 is 4.74 Å². The molecule has 1 heterocycles. The molecule has 10 heavy (non-hydrogen) atoms. The molecule has 1 saturated heterocycles. The minimum Gasteiger partial charge on any atom is -0.377 e. The van der Waals surface area contributed by atoms with E-state index in [0.29, 0.717) is 6.61 Å². The summed E-state index contributed by atoms with van der Waals surface area (Å²) in [4.78, 5) is 0. The lowest BCUT2D eigenvalue weighted by Gasteiger charge is -2.06. The summed E-state index contributed by atoms with van der Waals surface area (Å²) in [5.41, 5.74) is 0. The maximum Gasteiger partial charge on any atom is 0.0644 e. The molecule has 1 atom stereocenters. The first kappa shape index (κ1) is 7.76. The van der Waals surface area contributed by atoms with Gasteiger partial charge in [-0.3, -0.25) is 0 Å². The average Bonchev–Trinajstić information content (AvgIpc) is 2.41. The number of nitrogens with one attached hydrogen (secondary N) is 1. The second-order valence-electron chi connectivity index (χ2n) is 2.68. The zero-order valence-corrected chi connectivity index (χ0v) is 6.31. The van der Waals surface area contributed by atoms with Crippen LogP contribution in [0.2, 0.25) is 0 Å². The minimum absolute atomic E-state index is 0.691. The monoisotopic (exact) mass is 141 g/mol. The molecule has 1 rings (SSSR count). The fourth-order valence-electron chi connectivity index (χ4n) is 1.17. The SMILES string of the molecule is C=CCOC[C@@H]1CCNC1. The van der Waals surface area contributed by atoms with Gasteiger partial charge < -0.3 is 10.1 Å². The first-order chi connectivity index (χ1) is 4.93. The molecule has 0 unspecified atom stereocenters. The number of ether oxygens (including phenoxy) is 1. The molecule has 0 amide bonds. The Morgan fingerprint density at radius 3 is 3.20 bits per heavy atom. The second kappa shape index (κ2) is 4.47. The smallest absolute Gasteiger partial charge is 0.0644 e. The van der Waals surface area contributed by atoms with E-state index >= 15 is 0 Å². The third-order valence-electron chi connectivity index (χ3n) is 1.75. The maximum absolute atomic E-state index is 5.31. The van der Waals surface area contributed by atoms with E-state index in [1.165, 1.54) is 6.42 Å². The molecule has 0 aliphatic carbocycles. The first-order valence-corrected chi connectivity index (χ1v) is 3.83. The van der Waals surface area contributed by atoms with Gasteiger partial charge in [-0.2, -0.15) is 0 Å². The van der Waals surface area contributed by atoms with Crippen molar-refractivity contribution in [2.24, 2.45) is 5.92 Å². The van der Waals surface area contributed by atoms with Gasteiger partial charge in [0, 0.05) is 6.54 Å². The van der Waals surface area contributed by atoms with Gasteiger partial charge in [-0.1, -0.05) is 6.08 Å². The van der Waals surface area contributed by atoms with Crippen molar-refractivity contribution in [1.82, 2.24) is 5.32 Å². The predicted octanol–water partition coefficient (Wildman–Crippen LogP) is 0.798. The van der Waals surface area contributed by atoms with Crippen LogP contribution < -0.4 is 5.32 Å². The van der Waals surface area contributed by atoms with Crippen molar-refractivity contribution in [3.63, 3.8) is 0 Å². The highest BCUT2D eigenvalue weighted by Crippen LogP contribution is 2.06. The first-order valence-electron chi connectivity index (χ1n) is 3.83. The topological polar surface area (TPSA) is 21.3 Å². The summed E-state index contributed by atoms with van der Waals surface area (Å²) in [6, 6.07) is 0. The zero-order valence-electron chi connectivity index (χ0n) is 6.31. The number of hydrogen-bond acceptors (Lipinski definition) is 2. The van der Waals surface area contributed by atoms with Gasteiger partial charge in [0.15, 0.2) is 0 Å². The van der Waals surface area contributed by atoms with Gasteiger partial charge in [-0.15, -0.1) is 6.58 Å². The molecule has 0 bridgehead atoms. The van der Waals surface area contributed by atoms with Crippen molar-refractivity contribution in [2.75, 3.05) is 26.3 Å². The van der Waals surface area contributed by atoms with Gasteiger partial charge in [0.25, 0.3) is 0 Å². The Bertz CT molecular complexity index is 97.4. The van der Waals surface area contributed by atoms with E-state index in [9.17, 15) is 0 Å². The zero-order chi connectivity index (χ0) is 7.23. The van der Waals surface area contributed by atoms with Crippen molar-refractivity contribution >= 4 is 0 Å². The molecule has 2 nitrogen and oxygen atoms in total. The van der Waals surface area contributed by atoms with E-state index in [0.717, 1.165) is 25.6 Å². The summed E-state index contributed by atoms with van der Waals surface area (Å²) in [5, 5.41) is 3.29. The molecule has 1 aliphatic rings. The Hall–Kier alpha value is -0.340. The molecule has 0 radical (unpaired) electrons. The summed E-state index contributed by atoms with van der Waals surface area (Å²) in [6.45, 7) is 7.44. The summed E-state index contributed by atoms with van der Waals surface area (Å²) < 4.78 is 5.31. The van der Waals surface area contributed by atoms with Gasteiger partial charge in [0.1, 0.15) is 0 Å². The fraction of sp³-hybridized carbons (Fsp3) is 0.750. The maximum atomic E-state index is 5.31. The van der Waals surface area contributed by atoms with Gasteiger partial charge in [0.2, 0.25) is 0 Å². The summed E-state index contributed by atoms with van der Waals surface area (Å²) in [6.07, 6.45) is 3.06. The van der Waals surface area contributed by atoms with Gasteiger partial charge >= 0.3 is 0 Å². The Morgan fingerprint density at radius 2 is 2.60 bits per heavy atom. The Balaban J connectivity index is 1.96. The van der Waals surface area contributed by atoms with Crippen LogP contribution in [0, 0.1) is 5.92 Å². The van der Waals surface area contributed by atoms with Crippen LogP contribution in [0.15, 0.2) is 12.7 Å². The van der Waals surface area contributed by atoms with E-state index in [1.807, 2.05) is 0 Å². The third-order valence-corrected chi connectivity index (χ3v) is 1.75. The highest BCUT2D eigenvalue weighted by atomic mass is 16.5. The fourth-order valence-corrected chi connectivity index (χ4v) is 1.17. The third kappa shape index (κ3) is 2.50. The molecular weight excluding hydrogens is 126 g/mol. The Morgan fingerprint density at radius 1 is 1.70 bits per heavy atom. The minimum atomic E-state index is 0.691. The van der Waals surface area contributed by atoms with E-state index in [1.54, 1.807) is 6.08 Å². The van der Waals surface area contributed by atoms with Crippen molar-refractivity contribution in [3.05, 3.63) is 12.7 Å². The van der Waals surface area contributed by atoms with Crippen LogP contribution >= 0.6 is 0 Å². The lowest BCUT2D eigenvalue weighted by atomic mass is 10.1. The quantitative estimate of drug-likeness (QED) is 0.462. The van der Waals surface area contributed by atoms with Crippen LogP contribution in [0.1, 0.15) is 6.42 Å². The van der Waals surface area contributed by atoms with E-state index in [-0.39, 0.29) is 0 Å². The summed E-state index contributed by atoms with van der Waals surface area (Å²) >= 11 is 0. The van der Waals surface area contributed by atoms with Gasteiger partial charge in [0.05, 0.1) is 13.2 Å². The van der Waals surface area contributed by atoms with E-state index in [4.69, 9.17) is 4.74 Å². The van der Waals surface area contributed by atoms with E-state index in [2.05, 4.69) is 11.9 Å². The van der Waals surface area contributed by atoms with Crippen LogP contribution in [0.5, 0.6) is 0 Å². The lowest BCUT2D eigenvalue weighted by Crippen LogP contribution is -2.13. The molecule has 2 heteroatoms. The van der Waals surface area contributed by atoms with Crippen LogP contribution in [0.25, 0.3) is 0 Å². The Kier molecular flexibility index (Phi) is 3.47. The normalized spacial score (nSPS) is 25.0. The summed E-state index contributed by atoms with van der Waals surface area (Å²) in [5.74, 6) is 0.736. The predicted molar refractivity (Wildman–Crippen MR) is 42.0 cm³/mol. The van der Waals surface area contributed by atoms with Crippen LogP contribution in [0.3, 0.4) is 0 Å². The van der Waals surface area contributed by atoms with E-state index < -0.39 is 0 Å². The van der Waals surface area contributed by atoms with Crippen LogP contribution in [-0.4, -0.2) is 26.3 Å². The van der Waals surface area contributed by atoms with Crippen molar-refractivity contribution in [3.8, 4) is 0 Å². The second-order valence-corrected chi connectivity index (χ2v) is 2.68. The molecule has 1 N–H and O–H groups in total. The molecule has 1 aliphatic heterocycles. The van der Waals surface area contributed by atoms with Crippen molar-refractivity contribution in [2.45, 2.75) is 6.42 Å². The number of hydrogen-bond donors (Lipinski definition) is 1. The highest BCUT2D eigenvalue weighted by Gasteiger charge is 2.13.